The van der Waals surface area contributed by atoms with E-state index in [1.165, 1.54) is 0 Å². The Bertz CT molecular complexity index is 704. The van der Waals surface area contributed by atoms with Crippen molar-refractivity contribution in [1.29, 1.82) is 0 Å². The fourth-order valence-electron chi connectivity index (χ4n) is 2.49. The number of benzene rings is 1. The summed E-state index contributed by atoms with van der Waals surface area (Å²) in [7, 11) is 0. The van der Waals surface area contributed by atoms with Crippen molar-refractivity contribution in [2.24, 2.45) is 16.0 Å². The summed E-state index contributed by atoms with van der Waals surface area (Å²) in [6.45, 7) is 3.34. The molecule has 0 radical (unpaired) electrons. The molecule has 2 N–H and O–H groups in total. The van der Waals surface area contributed by atoms with Crippen LogP contribution >= 0.6 is 0 Å². The van der Waals surface area contributed by atoms with Gasteiger partial charge in [0.05, 0.1) is 6.20 Å². The van der Waals surface area contributed by atoms with Crippen molar-refractivity contribution in [3.63, 3.8) is 0 Å². The van der Waals surface area contributed by atoms with E-state index in [0.29, 0.717) is 12.1 Å². The lowest BCUT2D eigenvalue weighted by atomic mass is 9.95. The van der Waals surface area contributed by atoms with Crippen LogP contribution in [0.2, 0.25) is 0 Å². The van der Waals surface area contributed by atoms with Crippen LogP contribution in [0.25, 0.3) is 11.1 Å². The van der Waals surface area contributed by atoms with Crippen LogP contribution in [0.5, 0.6) is 0 Å². The molecule has 0 spiro atoms. The second-order valence-corrected chi connectivity index (χ2v) is 5.07. The summed E-state index contributed by atoms with van der Waals surface area (Å²) in [5.41, 5.74) is 9.19. The number of nitrogens with zero attached hydrogens (tertiary/aromatic N) is 4. The van der Waals surface area contributed by atoms with Crippen molar-refractivity contribution >= 4 is 5.91 Å². The summed E-state index contributed by atoms with van der Waals surface area (Å²) < 4.78 is 1.92. The minimum atomic E-state index is -0.303. The van der Waals surface area contributed by atoms with Gasteiger partial charge in [-0.3, -0.25) is 9.48 Å². The van der Waals surface area contributed by atoms with Gasteiger partial charge in [-0.05, 0) is 29.7 Å². The van der Waals surface area contributed by atoms with Gasteiger partial charge in [0.2, 0.25) is 0 Å². The highest BCUT2D eigenvalue weighted by atomic mass is 16.1. The maximum absolute atomic E-state index is 11.8. The quantitative estimate of drug-likeness (QED) is 0.935. The number of azo groups is 1. The smallest absolute Gasteiger partial charge is 0.295 e. The Kier molecular flexibility index (Phi) is 3.62. The molecule has 0 aliphatic carbocycles. The van der Waals surface area contributed by atoms with Crippen LogP contribution in [0.1, 0.15) is 35.3 Å². The number of hydrogen-bond donors (Lipinski definition) is 1. The van der Waals surface area contributed by atoms with Crippen molar-refractivity contribution in [3.05, 3.63) is 41.7 Å². The number of carbonyl (C=O) groups is 1. The molecule has 1 atom stereocenters. The molecule has 6 heteroatoms. The Morgan fingerprint density at radius 1 is 1.33 bits per heavy atom. The van der Waals surface area contributed by atoms with Crippen LogP contribution in [-0.2, 0) is 6.54 Å². The number of rotatable bonds is 4. The van der Waals surface area contributed by atoms with Crippen molar-refractivity contribution in [2.45, 2.75) is 25.9 Å². The lowest BCUT2D eigenvalue weighted by molar-refractivity contribution is 0.0985. The minimum Gasteiger partial charge on any atom is -0.328 e. The average molecular weight is 283 g/mol. The summed E-state index contributed by atoms with van der Waals surface area (Å²) in [5, 5.41) is 11.9. The van der Waals surface area contributed by atoms with Crippen molar-refractivity contribution in [3.8, 4) is 11.1 Å². The first-order valence-corrected chi connectivity index (χ1v) is 7.05. The van der Waals surface area contributed by atoms with Gasteiger partial charge in [-0.2, -0.15) is 10.2 Å². The molecule has 6 nitrogen and oxygen atoms in total. The Labute approximate surface area is 122 Å². The number of fused-ring (bicyclic) bond motifs is 1. The van der Waals surface area contributed by atoms with E-state index in [0.717, 1.165) is 29.7 Å². The van der Waals surface area contributed by atoms with E-state index >= 15 is 0 Å². The Balaban J connectivity index is 2.00. The molecule has 0 bridgehead atoms. The fourth-order valence-corrected chi connectivity index (χ4v) is 2.49. The highest BCUT2D eigenvalue weighted by molar-refractivity contribution is 5.97. The highest BCUT2D eigenvalue weighted by Gasteiger charge is 2.23. The summed E-state index contributed by atoms with van der Waals surface area (Å²) in [6.07, 6.45) is 4.88. The van der Waals surface area contributed by atoms with Crippen LogP contribution < -0.4 is 5.73 Å². The first-order chi connectivity index (χ1) is 10.2. The summed E-state index contributed by atoms with van der Waals surface area (Å²) in [5.74, 6) is -0.303. The number of carbonyl (C=O) groups excluding carboxylic acids is 1. The highest BCUT2D eigenvalue weighted by Crippen LogP contribution is 2.31. The first kappa shape index (κ1) is 13.6. The Morgan fingerprint density at radius 2 is 2.19 bits per heavy atom. The lowest BCUT2D eigenvalue weighted by Crippen LogP contribution is -2.17. The third kappa shape index (κ3) is 2.50. The molecular weight excluding hydrogens is 266 g/mol. The van der Waals surface area contributed by atoms with Gasteiger partial charge in [-0.1, -0.05) is 13.0 Å². The Hall–Kier alpha value is -2.34. The summed E-state index contributed by atoms with van der Waals surface area (Å²) >= 11 is 0. The predicted molar refractivity (Wildman–Crippen MR) is 78.9 cm³/mol. The number of aryl methyl sites for hydroxylation is 1. The molecule has 21 heavy (non-hydrogen) atoms. The second kappa shape index (κ2) is 5.57. The molecule has 0 saturated heterocycles. The third-order valence-electron chi connectivity index (χ3n) is 3.57. The fraction of sp³-hybridized carbons (Fsp3) is 0.333. The van der Waals surface area contributed by atoms with Gasteiger partial charge in [0.25, 0.3) is 5.91 Å². The van der Waals surface area contributed by atoms with Crippen molar-refractivity contribution in [1.82, 2.24) is 9.78 Å². The normalized spacial score (nSPS) is 17.0. The summed E-state index contributed by atoms with van der Waals surface area (Å²) in [4.78, 5) is 11.8. The van der Waals surface area contributed by atoms with Crippen LogP contribution in [0, 0.1) is 0 Å². The van der Waals surface area contributed by atoms with Crippen molar-refractivity contribution < 1.29 is 4.79 Å². The SMILES string of the molecule is CCCn1cc(-c2ccc3c(c2)C(CN)N=NC3=O)cn1. The standard InChI is InChI=1S/C15H17N5O/c1-2-5-20-9-11(8-17-20)10-3-4-12-13(6-10)14(7-16)18-19-15(12)21/h3-4,6,8-9,14H,2,5,7,16H2,1H3. The molecule has 1 aromatic carbocycles. The average Bonchev–Trinajstić information content (AvgIpc) is 2.96. The zero-order chi connectivity index (χ0) is 14.8. The van der Waals surface area contributed by atoms with E-state index in [4.69, 9.17) is 5.73 Å². The maximum atomic E-state index is 11.8. The van der Waals surface area contributed by atoms with Gasteiger partial charge in [0.1, 0.15) is 6.04 Å². The van der Waals surface area contributed by atoms with E-state index in [9.17, 15) is 4.79 Å². The van der Waals surface area contributed by atoms with Crippen LogP contribution in [-0.4, -0.2) is 22.2 Å². The topological polar surface area (TPSA) is 85.6 Å². The molecule has 1 aromatic heterocycles. The molecule has 1 unspecified atom stereocenters. The first-order valence-electron chi connectivity index (χ1n) is 7.05. The number of aromatic nitrogens is 2. The molecule has 0 saturated carbocycles. The van der Waals surface area contributed by atoms with Crippen LogP contribution in [0.4, 0.5) is 0 Å². The monoisotopic (exact) mass is 283 g/mol. The van der Waals surface area contributed by atoms with Gasteiger partial charge in [0, 0.05) is 30.4 Å². The minimum absolute atomic E-state index is 0.247. The molecule has 2 heterocycles. The van der Waals surface area contributed by atoms with Gasteiger partial charge in [-0.25, -0.2) is 0 Å². The number of nitrogens with two attached hydrogens (primary N) is 1. The molecule has 3 rings (SSSR count). The van der Waals surface area contributed by atoms with E-state index in [2.05, 4.69) is 22.3 Å². The van der Waals surface area contributed by atoms with Gasteiger partial charge >= 0.3 is 0 Å². The zero-order valence-corrected chi connectivity index (χ0v) is 11.9. The van der Waals surface area contributed by atoms with Crippen LogP contribution in [0.3, 0.4) is 0 Å². The summed E-state index contributed by atoms with van der Waals surface area (Å²) in [6, 6.07) is 5.43. The van der Waals surface area contributed by atoms with Crippen LogP contribution in [0.15, 0.2) is 40.8 Å². The number of hydrogen-bond acceptors (Lipinski definition) is 4. The molecule has 2 aromatic rings. The zero-order valence-electron chi connectivity index (χ0n) is 11.9. The molecule has 1 aliphatic rings. The second-order valence-electron chi connectivity index (χ2n) is 5.07. The molecule has 1 amide bonds. The predicted octanol–water partition coefficient (Wildman–Crippen LogP) is 2.57. The largest absolute Gasteiger partial charge is 0.328 e. The Morgan fingerprint density at radius 3 is 2.95 bits per heavy atom. The van der Waals surface area contributed by atoms with Gasteiger partial charge in [-0.15, -0.1) is 5.11 Å². The van der Waals surface area contributed by atoms with E-state index < -0.39 is 0 Å². The van der Waals surface area contributed by atoms with Crippen molar-refractivity contribution in [2.75, 3.05) is 6.54 Å². The van der Waals surface area contributed by atoms with E-state index in [1.807, 2.05) is 29.2 Å². The van der Waals surface area contributed by atoms with E-state index in [-0.39, 0.29) is 11.9 Å². The molecular formula is C15H17N5O. The molecule has 0 fully saturated rings. The lowest BCUT2D eigenvalue weighted by Gasteiger charge is -2.17. The third-order valence-corrected chi connectivity index (χ3v) is 3.57. The molecule has 1 aliphatic heterocycles. The van der Waals surface area contributed by atoms with Gasteiger partial charge < -0.3 is 5.73 Å². The van der Waals surface area contributed by atoms with E-state index in [1.54, 1.807) is 6.07 Å². The van der Waals surface area contributed by atoms with Gasteiger partial charge in [0.15, 0.2) is 0 Å². The maximum Gasteiger partial charge on any atom is 0.295 e. The molecule has 108 valence electrons. The number of amides is 1.